The summed E-state index contributed by atoms with van der Waals surface area (Å²) >= 11 is 3.47. The van der Waals surface area contributed by atoms with Gasteiger partial charge in [0.25, 0.3) is 0 Å². The first-order valence-corrected chi connectivity index (χ1v) is 16.9. The van der Waals surface area contributed by atoms with Crippen LogP contribution in [-0.2, 0) is 0 Å². The number of rotatable bonds is 16. The lowest BCUT2D eigenvalue weighted by molar-refractivity contribution is 0.277. The van der Waals surface area contributed by atoms with Crippen molar-refractivity contribution in [2.24, 2.45) is 9.98 Å². The zero-order valence-electron chi connectivity index (χ0n) is 24.0. The molecule has 0 N–H and O–H groups in total. The molecular weight excluding hydrogens is 533 g/mol. The van der Waals surface area contributed by atoms with Gasteiger partial charge in [0, 0.05) is 9.79 Å². The summed E-state index contributed by atoms with van der Waals surface area (Å²) < 4.78 is 13.3. The molecule has 0 bridgehead atoms. The molecule has 2 aliphatic heterocycles. The molecule has 6 heteroatoms. The topological polar surface area (TPSA) is 43.2 Å². The van der Waals surface area contributed by atoms with Gasteiger partial charge in [-0.15, -0.1) is 0 Å². The molecular formula is C34H42N2O2S2. The fourth-order valence-corrected chi connectivity index (χ4v) is 7.28. The van der Waals surface area contributed by atoms with Crippen LogP contribution < -0.4 is 20.2 Å². The highest BCUT2D eigenvalue weighted by atomic mass is 32.2. The normalized spacial score (nSPS) is 12.8. The second-order valence-corrected chi connectivity index (χ2v) is 12.7. The van der Waals surface area contributed by atoms with Crippen molar-refractivity contribution in [2.75, 3.05) is 13.2 Å². The van der Waals surface area contributed by atoms with E-state index in [2.05, 4.69) is 62.4 Å². The summed E-state index contributed by atoms with van der Waals surface area (Å²) in [7, 11) is 0. The minimum atomic E-state index is 0.688. The number of ether oxygens (including phenoxy) is 2. The maximum absolute atomic E-state index is 6.63. The van der Waals surface area contributed by atoms with E-state index in [1.54, 1.807) is 23.5 Å². The number of hydrogen-bond donors (Lipinski definition) is 0. The van der Waals surface area contributed by atoms with Crippen LogP contribution in [0.2, 0.25) is 0 Å². The average Bonchev–Trinajstić information content (AvgIpc) is 2.99. The van der Waals surface area contributed by atoms with E-state index in [1.165, 1.54) is 64.2 Å². The SMILES string of the molecule is CCCCCCCCOc1c2c(c(OCCCCCCCC)c3c1=Nc1ccccc1S3)=Nc1ccccc1S2. The summed E-state index contributed by atoms with van der Waals surface area (Å²) in [6, 6.07) is 16.7. The van der Waals surface area contributed by atoms with Gasteiger partial charge >= 0.3 is 0 Å². The van der Waals surface area contributed by atoms with Crippen LogP contribution in [0.3, 0.4) is 0 Å². The van der Waals surface area contributed by atoms with E-state index in [0.717, 1.165) is 66.0 Å². The molecule has 0 fully saturated rings. The fraction of sp³-hybridized carbons (Fsp3) is 0.471. The summed E-state index contributed by atoms with van der Waals surface area (Å²) in [5, 5.41) is 1.79. The molecule has 0 saturated carbocycles. The molecule has 0 radical (unpaired) electrons. The summed E-state index contributed by atoms with van der Waals surface area (Å²) in [6.07, 6.45) is 14.8. The van der Waals surface area contributed by atoms with Crippen LogP contribution in [0.15, 0.2) is 78.1 Å². The molecule has 4 nitrogen and oxygen atoms in total. The Balaban J connectivity index is 1.50. The molecule has 3 aromatic carbocycles. The number of hydrogen-bond acceptors (Lipinski definition) is 6. The molecule has 2 heterocycles. The molecule has 2 aliphatic rings. The standard InChI is InChI=1S/C34H42N2O2S2/c1-3-5-7-9-11-17-23-37-31-29-34(40-28-22-16-13-19-25(28)35-29)32(38-24-18-12-10-8-6-4-2)30-33(31)39-27-21-15-14-20-26(27)36-30/h13-16,19-22H,3-12,17-18,23-24H2,1-2H3. The quantitative estimate of drug-likeness (QED) is 0.110. The second kappa shape index (κ2) is 15.0. The Bertz CT molecular complexity index is 1300. The molecule has 0 aliphatic carbocycles. The van der Waals surface area contributed by atoms with Crippen LogP contribution in [0.5, 0.6) is 11.5 Å². The Labute approximate surface area is 248 Å². The van der Waals surface area contributed by atoms with Crippen LogP contribution in [0.1, 0.15) is 90.9 Å². The average molecular weight is 575 g/mol. The molecule has 40 heavy (non-hydrogen) atoms. The molecule has 5 rings (SSSR count). The molecule has 0 unspecified atom stereocenters. The minimum absolute atomic E-state index is 0.688. The zero-order chi connectivity index (χ0) is 27.6. The Morgan fingerprint density at radius 1 is 0.525 bits per heavy atom. The van der Waals surface area contributed by atoms with Crippen molar-refractivity contribution in [3.8, 4) is 11.5 Å². The lowest BCUT2D eigenvalue weighted by Gasteiger charge is -2.23. The Morgan fingerprint density at radius 2 is 0.925 bits per heavy atom. The van der Waals surface area contributed by atoms with Crippen molar-refractivity contribution >= 4 is 34.9 Å². The van der Waals surface area contributed by atoms with E-state index >= 15 is 0 Å². The third kappa shape index (κ3) is 7.06. The van der Waals surface area contributed by atoms with Crippen LogP contribution >= 0.6 is 23.5 Å². The van der Waals surface area contributed by atoms with E-state index in [9.17, 15) is 0 Å². The number of fused-ring (bicyclic) bond motifs is 4. The summed E-state index contributed by atoms with van der Waals surface area (Å²) in [5.74, 6) is 1.71. The van der Waals surface area contributed by atoms with Gasteiger partial charge in [-0.2, -0.15) is 0 Å². The first kappa shape index (κ1) is 29.1. The lowest BCUT2D eigenvalue weighted by Crippen LogP contribution is -2.26. The summed E-state index contributed by atoms with van der Waals surface area (Å²) in [6.45, 7) is 5.90. The van der Waals surface area contributed by atoms with Gasteiger partial charge in [0.1, 0.15) is 10.7 Å². The fourth-order valence-electron chi connectivity index (χ4n) is 5.14. The number of unbranched alkanes of at least 4 members (excludes halogenated alkanes) is 10. The Morgan fingerprint density at radius 3 is 1.38 bits per heavy atom. The van der Waals surface area contributed by atoms with Crippen LogP contribution in [0.4, 0.5) is 11.4 Å². The molecule has 0 amide bonds. The third-order valence-corrected chi connectivity index (χ3v) is 9.68. The predicted molar refractivity (Wildman–Crippen MR) is 167 cm³/mol. The highest BCUT2D eigenvalue weighted by Gasteiger charge is 2.28. The van der Waals surface area contributed by atoms with Gasteiger partial charge in [0.15, 0.2) is 11.5 Å². The predicted octanol–water partition coefficient (Wildman–Crippen LogP) is 10.00. The molecule has 0 aromatic heterocycles. The first-order chi connectivity index (χ1) is 19.8. The van der Waals surface area contributed by atoms with E-state index < -0.39 is 0 Å². The zero-order valence-corrected chi connectivity index (χ0v) is 25.7. The maximum atomic E-state index is 6.63. The summed E-state index contributed by atoms with van der Waals surface area (Å²) in [5.41, 5.74) is 1.98. The number of nitrogens with zero attached hydrogens (tertiary/aromatic N) is 2. The van der Waals surface area contributed by atoms with Crippen molar-refractivity contribution in [2.45, 2.75) is 110 Å². The lowest BCUT2D eigenvalue weighted by atomic mass is 10.1. The van der Waals surface area contributed by atoms with Crippen molar-refractivity contribution in [1.29, 1.82) is 0 Å². The van der Waals surface area contributed by atoms with Crippen LogP contribution in [0, 0.1) is 0 Å². The van der Waals surface area contributed by atoms with Gasteiger partial charge in [-0.05, 0) is 37.1 Å². The number of para-hydroxylation sites is 2. The first-order valence-electron chi connectivity index (χ1n) is 15.3. The monoisotopic (exact) mass is 574 g/mol. The van der Waals surface area contributed by atoms with Gasteiger partial charge in [0.2, 0.25) is 0 Å². The van der Waals surface area contributed by atoms with Crippen LogP contribution in [0.25, 0.3) is 0 Å². The third-order valence-electron chi connectivity index (χ3n) is 7.38. The van der Waals surface area contributed by atoms with E-state index in [1.807, 2.05) is 0 Å². The highest BCUT2D eigenvalue weighted by molar-refractivity contribution is 8.00. The van der Waals surface area contributed by atoms with E-state index in [-0.39, 0.29) is 0 Å². The molecule has 0 spiro atoms. The van der Waals surface area contributed by atoms with Gasteiger partial charge < -0.3 is 9.47 Å². The van der Waals surface area contributed by atoms with Crippen molar-refractivity contribution in [3.63, 3.8) is 0 Å². The molecule has 3 aromatic rings. The van der Waals surface area contributed by atoms with Crippen LogP contribution in [-0.4, -0.2) is 13.2 Å². The number of benzene rings is 3. The van der Waals surface area contributed by atoms with Gasteiger partial charge in [0.05, 0.1) is 34.4 Å². The van der Waals surface area contributed by atoms with Gasteiger partial charge in [-0.25, -0.2) is 9.98 Å². The smallest absolute Gasteiger partial charge is 0.162 e. The minimum Gasteiger partial charge on any atom is -0.490 e. The second-order valence-electron chi connectivity index (χ2n) is 10.6. The van der Waals surface area contributed by atoms with Crippen molar-refractivity contribution in [3.05, 3.63) is 59.2 Å². The molecule has 212 valence electrons. The molecule has 0 atom stereocenters. The Kier molecular flexibility index (Phi) is 10.9. The maximum Gasteiger partial charge on any atom is 0.162 e. The Hall–Kier alpha value is -2.44. The molecule has 0 saturated heterocycles. The van der Waals surface area contributed by atoms with Gasteiger partial charge in [-0.1, -0.05) is 126 Å². The van der Waals surface area contributed by atoms with E-state index in [4.69, 9.17) is 19.5 Å². The largest absolute Gasteiger partial charge is 0.490 e. The van der Waals surface area contributed by atoms with E-state index in [0.29, 0.717) is 13.2 Å². The van der Waals surface area contributed by atoms with Gasteiger partial charge in [-0.3, -0.25) is 0 Å². The van der Waals surface area contributed by atoms with Crippen molar-refractivity contribution < 1.29 is 9.47 Å². The summed E-state index contributed by atoms with van der Waals surface area (Å²) in [4.78, 5) is 14.7. The highest BCUT2D eigenvalue weighted by Crippen LogP contribution is 2.46. The van der Waals surface area contributed by atoms with Crippen molar-refractivity contribution in [1.82, 2.24) is 0 Å².